The Hall–Kier alpha value is -13.2. The van der Waals surface area contributed by atoms with E-state index in [1.165, 1.54) is 74.1 Å². The summed E-state index contributed by atoms with van der Waals surface area (Å²) in [5.74, 6) is -9.32. The second-order valence-corrected chi connectivity index (χ2v) is 19.3. The number of halogens is 5. The number of nitrogens with one attached hydrogen (secondary N) is 3. The zero-order valence-corrected chi connectivity index (χ0v) is 48.4. The van der Waals surface area contributed by atoms with E-state index < -0.39 is 58.9 Å². The van der Waals surface area contributed by atoms with E-state index in [0.29, 0.717) is 39.2 Å². The molecular formula is C64H39ClF4N12O13. The van der Waals surface area contributed by atoms with Crippen molar-refractivity contribution in [1.82, 2.24) is 44.9 Å². The number of methoxy groups -OCH3 is 1. The Labute approximate surface area is 529 Å². The minimum atomic E-state index is -1.21. The van der Waals surface area contributed by atoms with Crippen molar-refractivity contribution in [2.75, 3.05) is 23.1 Å². The second kappa shape index (κ2) is 28.5. The van der Waals surface area contributed by atoms with E-state index in [2.05, 4.69) is 60.8 Å². The second-order valence-electron chi connectivity index (χ2n) is 18.9. The van der Waals surface area contributed by atoms with Crippen LogP contribution in [-0.2, 0) is 0 Å². The van der Waals surface area contributed by atoms with Crippen molar-refractivity contribution in [3.05, 3.63) is 245 Å². The molecule has 12 aromatic rings. The van der Waals surface area contributed by atoms with Gasteiger partial charge in [-0.05, 0) is 115 Å². The highest BCUT2D eigenvalue weighted by Crippen LogP contribution is 2.34. The molecule has 0 fully saturated rings. The van der Waals surface area contributed by atoms with E-state index >= 15 is 0 Å². The smallest absolute Gasteiger partial charge is 0.354 e. The van der Waals surface area contributed by atoms with E-state index in [-0.39, 0.29) is 96.9 Å². The number of aromatic carboxylic acids is 3. The lowest BCUT2D eigenvalue weighted by Gasteiger charge is -2.12. The first-order chi connectivity index (χ1) is 45.2. The SMILES string of the molecule is COc1ccc(Oc2nc3ccccc3nc2C(=O)Nc2ccc(C(=O)O)nc2)cc1F.O=C(O)c1ccc(NC(=O)c2nc3ccccc3nc2Oc2ccc(F)cc2Cl)cn1.O=C(O)c1ccc(NC(=O)c2nc3ccccc3nc2Oc2ccc(F)cc2F)cn1. The highest BCUT2D eigenvalue weighted by atomic mass is 35.5. The molecule has 30 heteroatoms. The first-order valence-electron chi connectivity index (χ1n) is 26.9. The van der Waals surface area contributed by atoms with Gasteiger partial charge in [0.2, 0.25) is 0 Å². The maximum Gasteiger partial charge on any atom is 0.354 e. The van der Waals surface area contributed by atoms with Crippen LogP contribution in [-0.4, -0.2) is 103 Å². The number of hydrogen-bond acceptors (Lipinski definition) is 19. The predicted octanol–water partition coefficient (Wildman–Crippen LogP) is 12.5. The molecule has 468 valence electrons. The van der Waals surface area contributed by atoms with Crippen molar-refractivity contribution in [2.45, 2.75) is 0 Å². The van der Waals surface area contributed by atoms with Gasteiger partial charge < -0.3 is 50.2 Å². The topological polar surface area (TPSA) is 352 Å². The molecule has 0 atom stereocenters. The fourth-order valence-electron chi connectivity index (χ4n) is 8.11. The van der Waals surface area contributed by atoms with Gasteiger partial charge in [-0.15, -0.1) is 0 Å². The summed E-state index contributed by atoms with van der Waals surface area (Å²) in [6.45, 7) is 0. The molecule has 3 amide bonds. The number of benzene rings is 6. The normalized spacial score (nSPS) is 10.6. The van der Waals surface area contributed by atoms with E-state index in [1.807, 2.05) is 0 Å². The van der Waals surface area contributed by atoms with Crippen molar-refractivity contribution in [3.8, 4) is 40.6 Å². The molecule has 6 N–H and O–H groups in total. The lowest BCUT2D eigenvalue weighted by Crippen LogP contribution is -2.16. The zero-order valence-electron chi connectivity index (χ0n) is 47.7. The molecule has 12 rings (SSSR count). The first kappa shape index (κ1) is 63.8. The number of aromatic nitrogens is 9. The zero-order chi connectivity index (χ0) is 66.6. The molecule has 0 saturated carbocycles. The van der Waals surface area contributed by atoms with Crippen LogP contribution in [0.15, 0.2) is 182 Å². The number of carbonyl (C=O) groups excluding carboxylic acids is 3. The number of nitrogens with zero attached hydrogens (tertiary/aromatic N) is 9. The lowest BCUT2D eigenvalue weighted by atomic mass is 10.2. The Morgan fingerprint density at radius 2 is 0.734 bits per heavy atom. The fourth-order valence-corrected chi connectivity index (χ4v) is 8.31. The van der Waals surface area contributed by atoms with E-state index in [0.717, 1.165) is 36.5 Å². The molecule has 0 spiro atoms. The number of pyridine rings is 3. The molecule has 0 aliphatic heterocycles. The number of carboxylic acids is 3. The van der Waals surface area contributed by atoms with Gasteiger partial charge in [0.1, 0.15) is 40.2 Å². The van der Waals surface area contributed by atoms with Crippen LogP contribution in [0.25, 0.3) is 33.1 Å². The number of hydrogen-bond donors (Lipinski definition) is 6. The number of ether oxygens (including phenoxy) is 4. The van der Waals surface area contributed by atoms with Gasteiger partial charge in [-0.1, -0.05) is 48.0 Å². The molecule has 6 aromatic carbocycles. The predicted molar refractivity (Wildman–Crippen MR) is 327 cm³/mol. The maximum absolute atomic E-state index is 14.1. The molecule has 6 aromatic heterocycles. The van der Waals surface area contributed by atoms with Gasteiger partial charge in [0.15, 0.2) is 40.2 Å². The summed E-state index contributed by atoms with van der Waals surface area (Å²) in [5.41, 5.74) is 2.22. The molecule has 0 bridgehead atoms. The van der Waals surface area contributed by atoms with Crippen LogP contribution in [0, 0.1) is 23.3 Å². The average Bonchev–Trinajstić information content (AvgIpc) is 0.833. The Morgan fingerprint density at radius 1 is 0.394 bits per heavy atom. The van der Waals surface area contributed by atoms with Gasteiger partial charge in [0.25, 0.3) is 35.4 Å². The third kappa shape index (κ3) is 15.6. The Morgan fingerprint density at radius 3 is 1.07 bits per heavy atom. The van der Waals surface area contributed by atoms with Crippen molar-refractivity contribution >= 4 is 97.4 Å². The minimum absolute atomic E-state index is 0.00484. The summed E-state index contributed by atoms with van der Waals surface area (Å²) in [4.78, 5) is 109. The van der Waals surface area contributed by atoms with Crippen LogP contribution < -0.4 is 34.9 Å². The summed E-state index contributed by atoms with van der Waals surface area (Å²) in [5, 5.41) is 34.4. The third-order valence-corrected chi connectivity index (χ3v) is 12.8. The number of fused-ring (bicyclic) bond motifs is 3. The van der Waals surface area contributed by atoms with Gasteiger partial charge >= 0.3 is 17.9 Å². The number of amides is 3. The number of para-hydroxylation sites is 6. The summed E-state index contributed by atoms with van der Waals surface area (Å²) in [6.07, 6.45) is 3.57. The van der Waals surface area contributed by atoms with Gasteiger partial charge in [0.05, 0.1) is 80.9 Å². The molecule has 0 saturated heterocycles. The number of rotatable bonds is 16. The van der Waals surface area contributed by atoms with E-state index in [1.54, 1.807) is 72.8 Å². The molecule has 0 aliphatic rings. The van der Waals surface area contributed by atoms with Crippen LogP contribution >= 0.6 is 11.6 Å². The number of carboxylic acid groups (broad SMARTS) is 3. The van der Waals surface area contributed by atoms with Gasteiger partial charge in [-0.2, -0.15) is 0 Å². The van der Waals surface area contributed by atoms with Crippen molar-refractivity contribution in [1.29, 1.82) is 0 Å². The summed E-state index contributed by atoms with van der Waals surface area (Å²) in [6, 6.07) is 38.4. The van der Waals surface area contributed by atoms with Crippen molar-refractivity contribution < 1.29 is 80.6 Å². The molecule has 0 aliphatic carbocycles. The van der Waals surface area contributed by atoms with Crippen molar-refractivity contribution in [3.63, 3.8) is 0 Å². The fraction of sp³-hybridized carbons (Fsp3) is 0.0156. The van der Waals surface area contributed by atoms with Gasteiger partial charge in [-0.3, -0.25) is 14.4 Å². The highest BCUT2D eigenvalue weighted by molar-refractivity contribution is 6.32. The summed E-state index contributed by atoms with van der Waals surface area (Å²) in [7, 11) is 1.34. The quantitative estimate of drug-likeness (QED) is 0.0489. The molecule has 0 radical (unpaired) electrons. The minimum Gasteiger partial charge on any atom is -0.494 e. The molecule has 0 unspecified atom stereocenters. The number of carbonyl (C=O) groups is 6. The van der Waals surface area contributed by atoms with Crippen LogP contribution in [0.3, 0.4) is 0 Å². The molecule has 94 heavy (non-hydrogen) atoms. The number of anilines is 3. The largest absolute Gasteiger partial charge is 0.494 e. The van der Waals surface area contributed by atoms with Crippen LogP contribution in [0.1, 0.15) is 62.9 Å². The van der Waals surface area contributed by atoms with Crippen LogP contribution in [0.4, 0.5) is 34.6 Å². The van der Waals surface area contributed by atoms with Gasteiger partial charge in [-0.25, -0.2) is 76.8 Å². The standard InChI is InChI=1S/C22H15FN4O5.C21H12ClFN4O4.C21H12F2N4O4/c1-31-18-9-7-13(10-14(18)23)32-21-19(26-15-4-2-3-5-16(15)27-21)20(28)25-12-6-8-17(22(29)30)24-11-12;22-13-9-11(23)5-8-17(13)31-20-18(26-14-3-1-2-4-15(14)27-20)19(28)25-12-6-7-16(21(29)30)24-10-12;22-11-5-8-17(13(23)9-11)31-20-18(26-14-3-1-2-4-15(14)27-20)19(28)25-12-6-7-16(21(29)30)24-10-12/h2-11H,1H3,(H,25,28)(H,29,30);2*1-10H,(H,25,28)(H,29,30). The monoisotopic (exact) mass is 1290 g/mol. The molecular weight excluding hydrogens is 1260 g/mol. The van der Waals surface area contributed by atoms with Gasteiger partial charge in [0, 0.05) is 12.1 Å². The van der Waals surface area contributed by atoms with E-state index in [9.17, 15) is 46.3 Å². The van der Waals surface area contributed by atoms with Crippen molar-refractivity contribution in [2.24, 2.45) is 0 Å². The van der Waals surface area contributed by atoms with Crippen LogP contribution in [0.2, 0.25) is 5.02 Å². The highest BCUT2D eigenvalue weighted by Gasteiger charge is 2.24. The Bertz CT molecular complexity index is 4730. The first-order valence-corrected chi connectivity index (χ1v) is 27.2. The molecule has 6 heterocycles. The lowest BCUT2D eigenvalue weighted by molar-refractivity contribution is 0.0680. The van der Waals surface area contributed by atoms with Crippen LogP contribution in [0.5, 0.6) is 40.6 Å². The summed E-state index contributed by atoms with van der Waals surface area (Å²) < 4.78 is 76.4. The average molecular weight is 1300 g/mol. The summed E-state index contributed by atoms with van der Waals surface area (Å²) >= 11 is 6.03. The Balaban J connectivity index is 0.000000154. The Kier molecular flexibility index (Phi) is 19.4. The third-order valence-electron chi connectivity index (χ3n) is 12.5. The maximum atomic E-state index is 14.1. The van der Waals surface area contributed by atoms with E-state index in [4.69, 9.17) is 45.9 Å². The molecule has 25 nitrogen and oxygen atoms in total.